The van der Waals surface area contributed by atoms with Crippen LogP contribution in [0.25, 0.3) is 0 Å². The Morgan fingerprint density at radius 3 is 2.74 bits per heavy atom. The number of aliphatic hydroxyl groups excluding tert-OH is 2. The molecule has 3 rings (SSSR count). The van der Waals surface area contributed by atoms with Crippen molar-refractivity contribution in [1.29, 1.82) is 0 Å². The maximum atomic E-state index is 13.5. The standard InChI is InChI=1S/C25H33N3O5S/c1-18-14-28(19(2)17-29)34(31,32)25-10-9-21(8-7-20(3)30)12-23(25)33-24(18)16-27(4)15-22-6-5-11-26-13-22/h5-6,9-13,18-20,24,29-30H,14-17H2,1-4H3/t18-,19+,20-,24-/m1/s1. The monoisotopic (exact) mass is 487 g/mol. The molecule has 1 aliphatic rings. The molecule has 8 nitrogen and oxygen atoms in total. The minimum atomic E-state index is -3.91. The van der Waals surface area contributed by atoms with E-state index in [-0.39, 0.29) is 35.8 Å². The molecule has 2 N–H and O–H groups in total. The lowest BCUT2D eigenvalue weighted by Crippen LogP contribution is -2.49. The van der Waals surface area contributed by atoms with E-state index in [1.807, 2.05) is 32.3 Å². The summed E-state index contributed by atoms with van der Waals surface area (Å²) in [6.07, 6.45) is 2.43. The van der Waals surface area contributed by atoms with E-state index in [0.29, 0.717) is 18.7 Å². The van der Waals surface area contributed by atoms with Crippen molar-refractivity contribution in [2.75, 3.05) is 26.7 Å². The second kappa shape index (κ2) is 11.3. The fourth-order valence-electron chi connectivity index (χ4n) is 3.88. The zero-order valence-corrected chi connectivity index (χ0v) is 20.9. The maximum Gasteiger partial charge on any atom is 0.247 e. The van der Waals surface area contributed by atoms with E-state index in [1.54, 1.807) is 32.2 Å². The highest BCUT2D eigenvalue weighted by Gasteiger charge is 2.38. The summed E-state index contributed by atoms with van der Waals surface area (Å²) in [4.78, 5) is 6.32. The number of sulfonamides is 1. The van der Waals surface area contributed by atoms with Crippen LogP contribution in [0.2, 0.25) is 0 Å². The van der Waals surface area contributed by atoms with Gasteiger partial charge in [0.2, 0.25) is 10.0 Å². The number of aliphatic hydroxyl groups is 2. The average Bonchev–Trinajstić information content (AvgIpc) is 2.80. The highest BCUT2D eigenvalue weighted by Crippen LogP contribution is 2.34. The van der Waals surface area contributed by atoms with Gasteiger partial charge in [0.15, 0.2) is 0 Å². The normalized spacial score (nSPS) is 21.9. The highest BCUT2D eigenvalue weighted by atomic mass is 32.2. The number of likely N-dealkylation sites (N-methyl/N-ethyl adjacent to an activating group) is 1. The van der Waals surface area contributed by atoms with Crippen LogP contribution in [0.5, 0.6) is 5.75 Å². The van der Waals surface area contributed by atoms with E-state index in [4.69, 9.17) is 4.74 Å². The summed E-state index contributed by atoms with van der Waals surface area (Å²) in [5, 5.41) is 19.3. The van der Waals surface area contributed by atoms with Gasteiger partial charge >= 0.3 is 0 Å². The van der Waals surface area contributed by atoms with Gasteiger partial charge in [-0.05, 0) is 50.7 Å². The molecule has 0 fully saturated rings. The third kappa shape index (κ3) is 6.34. The molecule has 34 heavy (non-hydrogen) atoms. The minimum Gasteiger partial charge on any atom is -0.487 e. The average molecular weight is 488 g/mol. The Morgan fingerprint density at radius 2 is 2.09 bits per heavy atom. The molecule has 0 radical (unpaired) electrons. The van der Waals surface area contributed by atoms with Crippen molar-refractivity contribution in [2.24, 2.45) is 5.92 Å². The Kier molecular flexibility index (Phi) is 8.68. The number of hydrogen-bond donors (Lipinski definition) is 2. The van der Waals surface area contributed by atoms with Crippen LogP contribution in [0.3, 0.4) is 0 Å². The van der Waals surface area contributed by atoms with Gasteiger partial charge in [0.1, 0.15) is 22.9 Å². The molecular weight excluding hydrogens is 454 g/mol. The molecule has 2 aromatic rings. The second-order valence-electron chi connectivity index (χ2n) is 8.90. The summed E-state index contributed by atoms with van der Waals surface area (Å²) in [5.74, 6) is 5.60. The molecule has 0 saturated heterocycles. The number of rotatable bonds is 6. The van der Waals surface area contributed by atoms with Crippen LogP contribution in [0.4, 0.5) is 0 Å². The van der Waals surface area contributed by atoms with E-state index in [2.05, 4.69) is 21.7 Å². The van der Waals surface area contributed by atoms with Gasteiger partial charge < -0.3 is 14.9 Å². The number of hydrogen-bond acceptors (Lipinski definition) is 7. The topological polar surface area (TPSA) is 103 Å². The van der Waals surface area contributed by atoms with Crippen molar-refractivity contribution in [2.45, 2.75) is 50.5 Å². The van der Waals surface area contributed by atoms with Gasteiger partial charge in [0.25, 0.3) is 0 Å². The number of ether oxygens (including phenoxy) is 1. The van der Waals surface area contributed by atoms with E-state index in [0.717, 1.165) is 5.56 Å². The van der Waals surface area contributed by atoms with Crippen LogP contribution in [0.15, 0.2) is 47.6 Å². The first-order valence-electron chi connectivity index (χ1n) is 11.3. The van der Waals surface area contributed by atoms with E-state index >= 15 is 0 Å². The van der Waals surface area contributed by atoms with Crippen LogP contribution in [0, 0.1) is 17.8 Å². The van der Waals surface area contributed by atoms with Crippen LogP contribution < -0.4 is 4.74 Å². The molecule has 0 amide bonds. The third-order valence-corrected chi connectivity index (χ3v) is 7.78. The summed E-state index contributed by atoms with van der Waals surface area (Å²) in [6, 6.07) is 8.01. The lowest BCUT2D eigenvalue weighted by molar-refractivity contribution is 0.0733. The van der Waals surface area contributed by atoms with Gasteiger partial charge in [-0.3, -0.25) is 9.88 Å². The Hall–Kier alpha value is -2.48. The van der Waals surface area contributed by atoms with Crippen molar-refractivity contribution in [1.82, 2.24) is 14.2 Å². The molecule has 0 aliphatic carbocycles. The van der Waals surface area contributed by atoms with Crippen LogP contribution >= 0.6 is 0 Å². The smallest absolute Gasteiger partial charge is 0.247 e. The van der Waals surface area contributed by atoms with Crippen molar-refractivity contribution < 1.29 is 23.4 Å². The number of fused-ring (bicyclic) bond motifs is 1. The zero-order chi connectivity index (χ0) is 24.9. The molecule has 0 spiro atoms. The van der Waals surface area contributed by atoms with Gasteiger partial charge in [0, 0.05) is 49.6 Å². The van der Waals surface area contributed by atoms with Crippen LogP contribution in [-0.4, -0.2) is 77.8 Å². The van der Waals surface area contributed by atoms with E-state index < -0.39 is 22.2 Å². The molecule has 0 unspecified atom stereocenters. The van der Waals surface area contributed by atoms with Crippen molar-refractivity contribution in [3.05, 3.63) is 53.9 Å². The number of aromatic nitrogens is 1. The van der Waals surface area contributed by atoms with Gasteiger partial charge in [-0.1, -0.05) is 24.8 Å². The largest absolute Gasteiger partial charge is 0.487 e. The number of pyridine rings is 1. The Morgan fingerprint density at radius 1 is 1.32 bits per heavy atom. The van der Waals surface area contributed by atoms with Crippen molar-refractivity contribution >= 4 is 10.0 Å². The van der Waals surface area contributed by atoms with Crippen LogP contribution in [0.1, 0.15) is 31.9 Å². The molecule has 0 saturated carbocycles. The summed E-state index contributed by atoms with van der Waals surface area (Å²) in [5.41, 5.74) is 1.62. The SMILES string of the molecule is C[C@@H]1CN([C@@H](C)CO)S(=O)(=O)c2ccc(C#C[C@@H](C)O)cc2O[C@@H]1CN(C)Cc1cccnc1. The zero-order valence-electron chi connectivity index (χ0n) is 20.0. The second-order valence-corrected chi connectivity index (χ2v) is 10.8. The molecule has 4 atom stereocenters. The number of benzene rings is 1. The summed E-state index contributed by atoms with van der Waals surface area (Å²) < 4.78 is 34.7. The maximum absolute atomic E-state index is 13.5. The molecule has 1 aromatic carbocycles. The lowest BCUT2D eigenvalue weighted by Gasteiger charge is -2.37. The first-order valence-corrected chi connectivity index (χ1v) is 12.8. The number of nitrogens with zero attached hydrogens (tertiary/aromatic N) is 3. The molecule has 9 heteroatoms. The van der Waals surface area contributed by atoms with Gasteiger partial charge in [-0.2, -0.15) is 4.31 Å². The lowest BCUT2D eigenvalue weighted by atomic mass is 10.0. The fraction of sp³-hybridized carbons (Fsp3) is 0.480. The molecule has 2 heterocycles. The Labute approximate surface area is 202 Å². The van der Waals surface area contributed by atoms with Gasteiger partial charge in [-0.15, -0.1) is 0 Å². The predicted molar refractivity (Wildman–Crippen MR) is 130 cm³/mol. The highest BCUT2D eigenvalue weighted by molar-refractivity contribution is 7.89. The summed E-state index contributed by atoms with van der Waals surface area (Å²) in [7, 11) is -1.92. The van der Waals surface area contributed by atoms with Gasteiger partial charge in [-0.25, -0.2) is 8.42 Å². The van der Waals surface area contributed by atoms with Crippen LogP contribution in [-0.2, 0) is 16.6 Å². The quantitative estimate of drug-likeness (QED) is 0.598. The molecule has 0 bridgehead atoms. The fourth-order valence-corrected chi connectivity index (χ4v) is 5.71. The van der Waals surface area contributed by atoms with E-state index in [1.165, 1.54) is 10.4 Å². The van der Waals surface area contributed by atoms with Crippen molar-refractivity contribution in [3.8, 4) is 17.6 Å². The molecular formula is C25H33N3O5S. The molecule has 184 valence electrons. The molecule has 1 aromatic heterocycles. The summed E-state index contributed by atoms with van der Waals surface area (Å²) >= 11 is 0. The first kappa shape index (κ1) is 26.1. The van der Waals surface area contributed by atoms with Gasteiger partial charge in [0.05, 0.1) is 6.61 Å². The summed E-state index contributed by atoms with van der Waals surface area (Å²) in [6.45, 7) is 6.37. The molecule has 1 aliphatic heterocycles. The Bertz CT molecular complexity index is 1130. The minimum absolute atomic E-state index is 0.0437. The van der Waals surface area contributed by atoms with Crippen molar-refractivity contribution in [3.63, 3.8) is 0 Å². The predicted octanol–water partition coefficient (Wildman–Crippen LogP) is 1.71. The Balaban J connectivity index is 1.99. The third-order valence-electron chi connectivity index (χ3n) is 5.76. The van der Waals surface area contributed by atoms with E-state index in [9.17, 15) is 18.6 Å². The first-order chi connectivity index (χ1) is 16.1.